The van der Waals surface area contributed by atoms with Crippen molar-refractivity contribution in [3.05, 3.63) is 0 Å². The average Bonchev–Trinajstić information content (AvgIpc) is 2.72. The smallest absolute Gasteiger partial charge is 0.327 e. The number of amides is 3. The van der Waals surface area contributed by atoms with E-state index in [-0.39, 0.29) is 24.3 Å². The fraction of sp³-hybridized carbons (Fsp3) is 0.706. The summed E-state index contributed by atoms with van der Waals surface area (Å²) in [5.41, 5.74) is 11.1. The number of carbonyl (C=O) groups is 5. The van der Waals surface area contributed by atoms with Crippen molar-refractivity contribution in [2.75, 3.05) is 18.1 Å². The highest BCUT2D eigenvalue weighted by atomic mass is 32.1. The van der Waals surface area contributed by atoms with Crippen LogP contribution in [0.4, 0.5) is 0 Å². The van der Waals surface area contributed by atoms with Gasteiger partial charge in [-0.2, -0.15) is 25.3 Å². The maximum Gasteiger partial charge on any atom is 0.327 e. The molecule has 0 rings (SSSR count). The number of rotatable bonds is 16. The van der Waals surface area contributed by atoms with E-state index in [2.05, 4.69) is 41.2 Å². The third-order valence-corrected chi connectivity index (χ3v) is 4.95. The first-order chi connectivity index (χ1) is 14.6. The number of nitrogens with one attached hydrogen (secondary N) is 3. The Bertz CT molecular complexity index is 638. The van der Waals surface area contributed by atoms with Gasteiger partial charge >= 0.3 is 11.9 Å². The molecule has 0 spiro atoms. The molecule has 0 heterocycles. The van der Waals surface area contributed by atoms with Gasteiger partial charge in [-0.05, 0) is 32.2 Å². The van der Waals surface area contributed by atoms with Crippen molar-refractivity contribution in [2.45, 2.75) is 56.3 Å². The van der Waals surface area contributed by atoms with Gasteiger partial charge in [0.1, 0.15) is 18.1 Å². The molecule has 4 atom stereocenters. The van der Waals surface area contributed by atoms with Gasteiger partial charge in [0, 0.05) is 17.9 Å². The molecule has 3 amide bonds. The van der Waals surface area contributed by atoms with Gasteiger partial charge in [-0.1, -0.05) is 0 Å². The summed E-state index contributed by atoms with van der Waals surface area (Å²) < 4.78 is 0. The highest BCUT2D eigenvalue weighted by molar-refractivity contribution is 7.80. The molecule has 0 saturated heterocycles. The Morgan fingerprint density at radius 3 is 1.74 bits per heavy atom. The number of aliphatic carboxylic acids is 2. The van der Waals surface area contributed by atoms with Gasteiger partial charge in [-0.15, -0.1) is 0 Å². The van der Waals surface area contributed by atoms with E-state index in [0.29, 0.717) is 19.4 Å². The predicted molar refractivity (Wildman–Crippen MR) is 119 cm³/mol. The van der Waals surface area contributed by atoms with Crippen LogP contribution in [0.2, 0.25) is 0 Å². The fourth-order valence-corrected chi connectivity index (χ4v) is 2.80. The van der Waals surface area contributed by atoms with E-state index in [1.54, 1.807) is 0 Å². The largest absolute Gasteiger partial charge is 0.481 e. The molecular weight excluding hydrogens is 450 g/mol. The predicted octanol–water partition coefficient (Wildman–Crippen LogP) is -2.29. The van der Waals surface area contributed by atoms with Crippen LogP contribution in [0.25, 0.3) is 0 Å². The summed E-state index contributed by atoms with van der Waals surface area (Å²) in [6.45, 7) is 0.377. The molecule has 0 fully saturated rings. The van der Waals surface area contributed by atoms with Gasteiger partial charge in [0.25, 0.3) is 0 Å². The van der Waals surface area contributed by atoms with Gasteiger partial charge in [0.05, 0.1) is 6.04 Å². The Kier molecular flexibility index (Phi) is 14.7. The van der Waals surface area contributed by atoms with Crippen molar-refractivity contribution in [1.82, 2.24) is 16.0 Å². The zero-order valence-electron chi connectivity index (χ0n) is 17.0. The molecule has 0 saturated carbocycles. The highest BCUT2D eigenvalue weighted by Gasteiger charge is 2.30. The first-order valence-corrected chi connectivity index (χ1v) is 10.9. The minimum absolute atomic E-state index is 0.0485. The lowest BCUT2D eigenvalue weighted by atomic mass is 10.1. The summed E-state index contributed by atoms with van der Waals surface area (Å²) in [6, 6.07) is -4.66. The van der Waals surface area contributed by atoms with E-state index < -0.39 is 60.2 Å². The minimum Gasteiger partial charge on any atom is -0.481 e. The van der Waals surface area contributed by atoms with Crippen LogP contribution in [0.5, 0.6) is 0 Å². The van der Waals surface area contributed by atoms with E-state index in [1.807, 2.05) is 0 Å². The molecule has 0 aromatic heterocycles. The standard InChI is InChI=1S/C17H31N5O7S2/c18-6-2-1-3-10(20-14(25)9(19)7-30)15(26)21-11(4-5-13(23)24)16(27)22-12(8-31)17(28)29/h9-12,30-31H,1-8,18-19H2,(H,20,25)(H,21,26)(H,22,27)(H,23,24)(H,28,29). The van der Waals surface area contributed by atoms with Crippen molar-refractivity contribution in [2.24, 2.45) is 11.5 Å². The molecule has 0 bridgehead atoms. The van der Waals surface area contributed by atoms with Crippen LogP contribution in [0.3, 0.4) is 0 Å². The average molecular weight is 482 g/mol. The third kappa shape index (κ3) is 11.8. The van der Waals surface area contributed by atoms with Crippen molar-refractivity contribution in [3.63, 3.8) is 0 Å². The van der Waals surface area contributed by atoms with Crippen LogP contribution in [0.15, 0.2) is 0 Å². The molecule has 12 nitrogen and oxygen atoms in total. The molecule has 31 heavy (non-hydrogen) atoms. The monoisotopic (exact) mass is 481 g/mol. The first-order valence-electron chi connectivity index (χ1n) is 9.60. The van der Waals surface area contributed by atoms with Crippen LogP contribution in [-0.2, 0) is 24.0 Å². The molecule has 0 radical (unpaired) electrons. The summed E-state index contributed by atoms with van der Waals surface area (Å²) in [4.78, 5) is 59.4. The van der Waals surface area contributed by atoms with Crippen LogP contribution in [0, 0.1) is 0 Å². The molecule has 0 aliphatic carbocycles. The molecule has 0 aromatic rings. The van der Waals surface area contributed by atoms with E-state index in [1.165, 1.54) is 0 Å². The number of hydrogen-bond donors (Lipinski definition) is 9. The SMILES string of the molecule is NCCCCC(NC(=O)C(N)CS)C(=O)NC(CCC(=O)O)C(=O)NC(CS)C(=O)O. The van der Waals surface area contributed by atoms with Crippen LogP contribution >= 0.6 is 25.3 Å². The van der Waals surface area contributed by atoms with Crippen molar-refractivity contribution in [3.8, 4) is 0 Å². The van der Waals surface area contributed by atoms with Gasteiger partial charge in [0.15, 0.2) is 0 Å². The first kappa shape index (κ1) is 29.0. The summed E-state index contributed by atoms with van der Waals surface area (Å²) in [7, 11) is 0. The van der Waals surface area contributed by atoms with Crippen molar-refractivity contribution in [1.29, 1.82) is 0 Å². The highest BCUT2D eigenvalue weighted by Crippen LogP contribution is 2.05. The topological polar surface area (TPSA) is 214 Å². The van der Waals surface area contributed by atoms with E-state index >= 15 is 0 Å². The van der Waals surface area contributed by atoms with Gasteiger partial charge < -0.3 is 37.6 Å². The molecule has 0 aliphatic rings. The maximum atomic E-state index is 12.8. The Morgan fingerprint density at radius 2 is 1.29 bits per heavy atom. The normalized spacial score (nSPS) is 14.6. The van der Waals surface area contributed by atoms with Crippen molar-refractivity contribution >= 4 is 54.9 Å². The molecule has 4 unspecified atom stereocenters. The number of unbranched alkanes of at least 4 members (excludes halogenated alkanes) is 1. The van der Waals surface area contributed by atoms with Crippen molar-refractivity contribution < 1.29 is 34.2 Å². The molecule has 178 valence electrons. The molecule has 14 heteroatoms. The van der Waals surface area contributed by atoms with Crippen LogP contribution in [0.1, 0.15) is 32.1 Å². The summed E-state index contributed by atoms with van der Waals surface area (Å²) in [5, 5.41) is 25.1. The molecule has 0 aromatic carbocycles. The minimum atomic E-state index is -1.34. The zero-order valence-corrected chi connectivity index (χ0v) is 18.7. The maximum absolute atomic E-state index is 12.8. The second-order valence-electron chi connectivity index (χ2n) is 6.71. The van der Waals surface area contributed by atoms with E-state index in [4.69, 9.17) is 21.7 Å². The molecular formula is C17H31N5O7S2. The van der Waals surface area contributed by atoms with Gasteiger partial charge in [0.2, 0.25) is 17.7 Å². The Hall–Kier alpha value is -2.03. The van der Waals surface area contributed by atoms with Crippen LogP contribution < -0.4 is 27.4 Å². The summed E-state index contributed by atoms with van der Waals surface area (Å²) in [6.07, 6.45) is 0.550. The fourth-order valence-electron chi connectivity index (χ4n) is 2.39. The number of carboxylic acids is 2. The van der Waals surface area contributed by atoms with E-state index in [0.717, 1.165) is 0 Å². The second kappa shape index (κ2) is 15.7. The number of thiol groups is 2. The summed E-state index contributed by atoms with van der Waals surface area (Å²) in [5.74, 6) is -4.93. The second-order valence-corrected chi connectivity index (χ2v) is 7.44. The van der Waals surface area contributed by atoms with Crippen LogP contribution in [-0.4, -0.2) is 82.1 Å². The van der Waals surface area contributed by atoms with Gasteiger partial charge in [-0.3, -0.25) is 19.2 Å². The lowest BCUT2D eigenvalue weighted by Gasteiger charge is -2.24. The van der Waals surface area contributed by atoms with Gasteiger partial charge in [-0.25, -0.2) is 4.79 Å². The third-order valence-electron chi connectivity index (χ3n) is 4.19. The molecule has 9 N–H and O–H groups in total. The lowest BCUT2D eigenvalue weighted by molar-refractivity contribution is -0.142. The Morgan fingerprint density at radius 1 is 0.774 bits per heavy atom. The molecule has 0 aliphatic heterocycles. The number of hydrogen-bond acceptors (Lipinski definition) is 9. The number of carbonyl (C=O) groups excluding carboxylic acids is 3. The number of nitrogens with two attached hydrogens (primary N) is 2. The summed E-state index contributed by atoms with van der Waals surface area (Å²) >= 11 is 7.78. The van der Waals surface area contributed by atoms with E-state index in [9.17, 15) is 24.0 Å². The Labute approximate surface area is 191 Å². The lowest BCUT2D eigenvalue weighted by Crippen LogP contribution is -2.57. The number of carboxylic acid groups (broad SMARTS) is 2. The Balaban J connectivity index is 5.41. The zero-order chi connectivity index (χ0) is 24.0. The quantitative estimate of drug-likeness (QED) is 0.0855.